The van der Waals surface area contributed by atoms with E-state index < -0.39 is 6.04 Å². The number of benzene rings is 2. The second-order valence-corrected chi connectivity index (χ2v) is 9.55. The molecule has 0 heterocycles. The molecule has 172 valence electrons. The van der Waals surface area contributed by atoms with Gasteiger partial charge in [0.1, 0.15) is 6.04 Å². The van der Waals surface area contributed by atoms with Gasteiger partial charge in [-0.1, -0.05) is 86.8 Å². The Morgan fingerprint density at radius 3 is 2.22 bits per heavy atom. The summed E-state index contributed by atoms with van der Waals surface area (Å²) in [6, 6.07) is 20.2. The highest BCUT2D eigenvalue weighted by atomic mass is 32.2. The highest BCUT2D eigenvalue weighted by molar-refractivity contribution is 7.99. The van der Waals surface area contributed by atoms with Crippen molar-refractivity contribution in [3.05, 3.63) is 71.8 Å². The largest absolute Gasteiger partial charge is 0.352 e. The third-order valence-corrected chi connectivity index (χ3v) is 7.15. The number of nitrogens with one attached hydrogen (secondary N) is 1. The molecule has 1 atom stereocenters. The summed E-state index contributed by atoms with van der Waals surface area (Å²) in [6.07, 6.45) is 7.08. The van der Waals surface area contributed by atoms with Crippen molar-refractivity contribution in [2.75, 3.05) is 12.3 Å². The van der Waals surface area contributed by atoms with Crippen LogP contribution in [0.4, 0.5) is 0 Å². The summed E-state index contributed by atoms with van der Waals surface area (Å²) < 4.78 is 0. The molecule has 1 N–H and O–H groups in total. The van der Waals surface area contributed by atoms with E-state index in [0.717, 1.165) is 25.0 Å². The van der Waals surface area contributed by atoms with Crippen molar-refractivity contribution in [3.63, 3.8) is 0 Å². The summed E-state index contributed by atoms with van der Waals surface area (Å²) in [5.74, 6) is 1.24. The van der Waals surface area contributed by atoms with Crippen LogP contribution in [0.2, 0.25) is 0 Å². The van der Waals surface area contributed by atoms with Crippen LogP contribution >= 0.6 is 11.8 Å². The van der Waals surface area contributed by atoms with Gasteiger partial charge < -0.3 is 10.2 Å². The predicted molar refractivity (Wildman–Crippen MR) is 134 cm³/mol. The van der Waals surface area contributed by atoms with Gasteiger partial charge >= 0.3 is 0 Å². The van der Waals surface area contributed by atoms with Gasteiger partial charge in [-0.15, -0.1) is 11.8 Å². The van der Waals surface area contributed by atoms with Gasteiger partial charge in [-0.25, -0.2) is 0 Å². The number of rotatable bonds is 11. The van der Waals surface area contributed by atoms with Gasteiger partial charge in [0.2, 0.25) is 11.8 Å². The molecule has 0 aliphatic heterocycles. The second kappa shape index (κ2) is 13.3. The Hall–Kier alpha value is -2.27. The van der Waals surface area contributed by atoms with Crippen molar-refractivity contribution in [2.24, 2.45) is 0 Å². The summed E-state index contributed by atoms with van der Waals surface area (Å²) in [7, 11) is 0. The first-order chi connectivity index (χ1) is 15.7. The first-order valence-corrected chi connectivity index (χ1v) is 13.1. The van der Waals surface area contributed by atoms with Gasteiger partial charge in [-0.3, -0.25) is 9.59 Å². The van der Waals surface area contributed by atoms with Crippen molar-refractivity contribution in [1.82, 2.24) is 10.2 Å². The van der Waals surface area contributed by atoms with Crippen molar-refractivity contribution < 1.29 is 9.59 Å². The van der Waals surface area contributed by atoms with Crippen LogP contribution in [0.1, 0.15) is 56.6 Å². The average Bonchev–Trinajstić information content (AvgIpc) is 2.83. The molecule has 4 nitrogen and oxygen atoms in total. The molecule has 1 saturated carbocycles. The van der Waals surface area contributed by atoms with Crippen LogP contribution in [-0.2, 0) is 21.8 Å². The molecule has 0 saturated heterocycles. The Morgan fingerprint density at radius 2 is 1.59 bits per heavy atom. The maximum absolute atomic E-state index is 13.3. The zero-order valence-electron chi connectivity index (χ0n) is 19.2. The van der Waals surface area contributed by atoms with Gasteiger partial charge in [0, 0.05) is 18.3 Å². The van der Waals surface area contributed by atoms with E-state index in [1.165, 1.54) is 30.4 Å². The van der Waals surface area contributed by atoms with Crippen molar-refractivity contribution in [2.45, 2.75) is 69.7 Å². The van der Waals surface area contributed by atoms with Crippen LogP contribution in [0.25, 0.3) is 0 Å². The van der Waals surface area contributed by atoms with E-state index in [4.69, 9.17) is 0 Å². The maximum atomic E-state index is 13.3. The molecule has 2 aromatic rings. The Balaban J connectivity index is 1.64. The van der Waals surface area contributed by atoms with Crippen LogP contribution < -0.4 is 5.32 Å². The van der Waals surface area contributed by atoms with Crippen molar-refractivity contribution in [3.8, 4) is 0 Å². The monoisotopic (exact) mass is 452 g/mol. The SMILES string of the molecule is CC[C@H](C(=O)NC1CCCCC1)N(CCc1ccccc1)C(=O)CSCc1ccccc1. The van der Waals surface area contributed by atoms with Crippen molar-refractivity contribution in [1.29, 1.82) is 0 Å². The molecule has 1 fully saturated rings. The number of carbonyl (C=O) groups excluding carboxylic acids is 2. The van der Waals surface area contributed by atoms with Gasteiger partial charge in [0.05, 0.1) is 5.75 Å². The lowest BCUT2D eigenvalue weighted by Gasteiger charge is -2.32. The van der Waals surface area contributed by atoms with Crippen LogP contribution in [-0.4, -0.2) is 41.1 Å². The summed E-state index contributed by atoms with van der Waals surface area (Å²) in [6.45, 7) is 2.57. The van der Waals surface area contributed by atoms with E-state index in [-0.39, 0.29) is 17.9 Å². The fourth-order valence-corrected chi connectivity index (χ4v) is 5.22. The molecule has 1 aliphatic carbocycles. The third kappa shape index (κ3) is 7.70. The lowest BCUT2D eigenvalue weighted by molar-refractivity contribution is -0.139. The lowest BCUT2D eigenvalue weighted by atomic mass is 9.95. The number of nitrogens with zero attached hydrogens (tertiary/aromatic N) is 1. The fourth-order valence-electron chi connectivity index (χ4n) is 4.35. The van der Waals surface area contributed by atoms with Gasteiger partial charge in [0.15, 0.2) is 0 Å². The number of hydrogen-bond donors (Lipinski definition) is 1. The van der Waals surface area contributed by atoms with Gasteiger partial charge in [-0.05, 0) is 36.8 Å². The first kappa shape index (κ1) is 24.4. The van der Waals surface area contributed by atoms with Crippen LogP contribution in [0.3, 0.4) is 0 Å². The maximum Gasteiger partial charge on any atom is 0.243 e. The summed E-state index contributed by atoms with van der Waals surface area (Å²) >= 11 is 1.62. The molecular weight excluding hydrogens is 416 g/mol. The molecule has 2 aromatic carbocycles. The summed E-state index contributed by atoms with van der Waals surface area (Å²) in [5, 5.41) is 3.25. The van der Waals surface area contributed by atoms with E-state index in [1.54, 1.807) is 11.8 Å². The average molecular weight is 453 g/mol. The Morgan fingerprint density at radius 1 is 0.969 bits per heavy atom. The third-order valence-electron chi connectivity index (χ3n) is 6.16. The number of amides is 2. The highest BCUT2D eigenvalue weighted by Gasteiger charge is 2.29. The minimum Gasteiger partial charge on any atom is -0.352 e. The van der Waals surface area contributed by atoms with Gasteiger partial charge in [0.25, 0.3) is 0 Å². The minimum atomic E-state index is -0.412. The topological polar surface area (TPSA) is 49.4 Å². The van der Waals surface area contributed by atoms with E-state index in [0.29, 0.717) is 18.7 Å². The molecule has 0 unspecified atom stereocenters. The Kier molecular flexibility index (Phi) is 10.1. The molecule has 3 rings (SSSR count). The van der Waals surface area contributed by atoms with E-state index in [9.17, 15) is 9.59 Å². The van der Waals surface area contributed by atoms with Crippen LogP contribution in [0, 0.1) is 0 Å². The molecule has 2 amide bonds. The normalized spacial score (nSPS) is 15.2. The molecule has 5 heteroatoms. The molecule has 32 heavy (non-hydrogen) atoms. The predicted octanol–water partition coefficient (Wildman–Crippen LogP) is 5.22. The Bertz CT molecular complexity index is 822. The van der Waals surface area contributed by atoms with E-state index >= 15 is 0 Å². The van der Waals surface area contributed by atoms with E-state index in [2.05, 4.69) is 29.6 Å². The molecule has 1 aliphatic rings. The molecule has 0 aromatic heterocycles. The summed E-state index contributed by atoms with van der Waals surface area (Å²) in [4.78, 5) is 28.3. The van der Waals surface area contributed by atoms with Crippen LogP contribution in [0.15, 0.2) is 60.7 Å². The highest BCUT2D eigenvalue weighted by Crippen LogP contribution is 2.19. The minimum absolute atomic E-state index is 0.00821. The zero-order valence-corrected chi connectivity index (χ0v) is 20.0. The molecule has 0 bridgehead atoms. The quantitative estimate of drug-likeness (QED) is 0.509. The molecule has 0 spiro atoms. The Labute approximate surface area is 197 Å². The number of thioether (sulfide) groups is 1. The summed E-state index contributed by atoms with van der Waals surface area (Å²) in [5.41, 5.74) is 2.40. The second-order valence-electron chi connectivity index (χ2n) is 8.57. The molecular formula is C27H36N2O2S. The van der Waals surface area contributed by atoms with E-state index in [1.807, 2.05) is 48.2 Å². The zero-order chi connectivity index (χ0) is 22.6. The first-order valence-electron chi connectivity index (χ1n) is 11.9. The number of hydrogen-bond acceptors (Lipinski definition) is 3. The van der Waals surface area contributed by atoms with Gasteiger partial charge in [-0.2, -0.15) is 0 Å². The van der Waals surface area contributed by atoms with Crippen LogP contribution in [0.5, 0.6) is 0 Å². The molecule has 0 radical (unpaired) electrons. The smallest absolute Gasteiger partial charge is 0.243 e. The van der Waals surface area contributed by atoms with Crippen molar-refractivity contribution >= 4 is 23.6 Å². The standard InChI is InChI=1S/C27H36N2O2S/c1-2-25(27(31)28-24-16-10-5-11-17-24)29(19-18-22-12-6-3-7-13-22)26(30)21-32-20-23-14-8-4-9-15-23/h3-4,6-9,12-15,24-25H,2,5,10-11,16-21H2,1H3,(H,28,31)/t25-/m1/s1. The lowest BCUT2D eigenvalue weighted by Crippen LogP contribution is -2.52. The fraction of sp³-hybridized carbons (Fsp3) is 0.481. The number of carbonyl (C=O) groups is 2.